The van der Waals surface area contributed by atoms with Crippen LogP contribution in [-0.2, 0) is 6.54 Å². The van der Waals surface area contributed by atoms with E-state index in [9.17, 15) is 4.79 Å². The van der Waals surface area contributed by atoms with E-state index in [1.807, 2.05) is 42.5 Å². The predicted octanol–water partition coefficient (Wildman–Crippen LogP) is 2.78. The molecule has 114 valence electrons. The van der Waals surface area contributed by atoms with Crippen LogP contribution >= 0.6 is 0 Å². The minimum absolute atomic E-state index is 0.232. The lowest BCUT2D eigenvalue weighted by molar-refractivity contribution is 0.0945. The fourth-order valence-corrected chi connectivity index (χ4v) is 2.18. The number of pyridine rings is 1. The van der Waals surface area contributed by atoms with E-state index in [-0.39, 0.29) is 5.91 Å². The van der Waals surface area contributed by atoms with Gasteiger partial charge in [0.1, 0.15) is 5.69 Å². The molecule has 0 bridgehead atoms. The molecule has 0 unspecified atom stereocenters. The fourth-order valence-electron chi connectivity index (χ4n) is 2.18. The van der Waals surface area contributed by atoms with Crippen molar-refractivity contribution in [1.82, 2.24) is 20.3 Å². The zero-order chi connectivity index (χ0) is 16.1. The van der Waals surface area contributed by atoms with Crippen LogP contribution in [0.4, 0.5) is 0 Å². The van der Waals surface area contributed by atoms with Gasteiger partial charge in [0.2, 0.25) is 0 Å². The summed E-state index contributed by atoms with van der Waals surface area (Å²) in [6.07, 6.45) is 5.08. The third-order valence-electron chi connectivity index (χ3n) is 3.44. The molecule has 1 aromatic carbocycles. The Morgan fingerprint density at radius 2 is 1.83 bits per heavy atom. The number of aryl methyl sites for hydroxylation is 1. The van der Waals surface area contributed by atoms with E-state index >= 15 is 0 Å². The highest BCUT2D eigenvalue weighted by Gasteiger charge is 2.13. The van der Waals surface area contributed by atoms with Gasteiger partial charge in [-0.25, -0.2) is 4.98 Å². The lowest BCUT2D eigenvalue weighted by atomic mass is 10.1. The Balaban J connectivity index is 1.80. The quantitative estimate of drug-likeness (QED) is 0.805. The second-order valence-corrected chi connectivity index (χ2v) is 5.09. The van der Waals surface area contributed by atoms with Crippen molar-refractivity contribution in [3.8, 4) is 11.3 Å². The lowest BCUT2D eigenvalue weighted by Gasteiger charge is -2.08. The van der Waals surface area contributed by atoms with E-state index in [4.69, 9.17) is 0 Å². The molecular weight excluding hydrogens is 288 g/mol. The summed E-state index contributed by atoms with van der Waals surface area (Å²) in [5.41, 5.74) is 3.56. The van der Waals surface area contributed by atoms with Crippen LogP contribution in [0.1, 0.15) is 21.7 Å². The number of hydrogen-bond acceptors (Lipinski definition) is 4. The van der Waals surface area contributed by atoms with E-state index in [1.54, 1.807) is 25.5 Å². The van der Waals surface area contributed by atoms with Crippen LogP contribution in [0.3, 0.4) is 0 Å². The number of nitrogens with one attached hydrogen (secondary N) is 1. The SMILES string of the molecule is Cc1ncc(-c2ccccc2)nc1C(=O)NCc1ccncc1. The summed E-state index contributed by atoms with van der Waals surface area (Å²) in [7, 11) is 0. The van der Waals surface area contributed by atoms with Crippen LogP contribution < -0.4 is 5.32 Å². The first kappa shape index (κ1) is 14.8. The number of hydrogen-bond donors (Lipinski definition) is 1. The number of carbonyl (C=O) groups is 1. The third kappa shape index (κ3) is 3.58. The summed E-state index contributed by atoms with van der Waals surface area (Å²) in [6.45, 7) is 2.21. The molecule has 0 saturated heterocycles. The summed E-state index contributed by atoms with van der Waals surface area (Å²) in [5.74, 6) is -0.232. The maximum atomic E-state index is 12.4. The van der Waals surface area contributed by atoms with E-state index < -0.39 is 0 Å². The first-order chi connectivity index (χ1) is 11.2. The molecule has 0 fully saturated rings. The average Bonchev–Trinajstić information content (AvgIpc) is 2.62. The lowest BCUT2D eigenvalue weighted by Crippen LogP contribution is -2.25. The standard InChI is InChI=1S/C18H16N4O/c1-13-17(18(23)21-11-14-7-9-19-10-8-14)22-16(12-20-13)15-5-3-2-4-6-15/h2-10,12H,11H2,1H3,(H,21,23). The maximum Gasteiger partial charge on any atom is 0.272 e. The molecule has 0 aliphatic heterocycles. The van der Waals surface area contributed by atoms with Gasteiger partial charge in [-0.05, 0) is 24.6 Å². The van der Waals surface area contributed by atoms with Crippen molar-refractivity contribution in [2.24, 2.45) is 0 Å². The maximum absolute atomic E-state index is 12.4. The van der Waals surface area contributed by atoms with Crippen LogP contribution in [0, 0.1) is 6.92 Å². The molecule has 2 heterocycles. The number of carbonyl (C=O) groups excluding carboxylic acids is 1. The predicted molar refractivity (Wildman–Crippen MR) is 87.6 cm³/mol. The van der Waals surface area contributed by atoms with Crippen molar-refractivity contribution >= 4 is 5.91 Å². The van der Waals surface area contributed by atoms with Gasteiger partial charge in [0.15, 0.2) is 0 Å². The highest BCUT2D eigenvalue weighted by molar-refractivity contribution is 5.93. The third-order valence-corrected chi connectivity index (χ3v) is 3.44. The Kier molecular flexibility index (Phi) is 4.38. The zero-order valence-electron chi connectivity index (χ0n) is 12.7. The Hall–Kier alpha value is -3.08. The van der Waals surface area contributed by atoms with Crippen molar-refractivity contribution in [2.45, 2.75) is 13.5 Å². The van der Waals surface area contributed by atoms with Crippen molar-refractivity contribution in [2.75, 3.05) is 0 Å². The molecule has 0 radical (unpaired) electrons. The number of nitrogens with zero attached hydrogens (tertiary/aromatic N) is 3. The number of amides is 1. The smallest absolute Gasteiger partial charge is 0.272 e. The second kappa shape index (κ2) is 6.79. The van der Waals surface area contributed by atoms with Gasteiger partial charge in [-0.3, -0.25) is 14.8 Å². The number of aromatic nitrogens is 3. The van der Waals surface area contributed by atoms with E-state index in [0.717, 1.165) is 11.1 Å². The average molecular weight is 304 g/mol. The zero-order valence-corrected chi connectivity index (χ0v) is 12.7. The van der Waals surface area contributed by atoms with E-state index in [1.165, 1.54) is 0 Å². The van der Waals surface area contributed by atoms with Gasteiger partial charge < -0.3 is 5.32 Å². The molecule has 0 spiro atoms. The molecule has 2 aromatic heterocycles. The van der Waals surface area contributed by atoms with Crippen LogP contribution in [0.25, 0.3) is 11.3 Å². The van der Waals surface area contributed by atoms with Crippen molar-refractivity contribution in [3.63, 3.8) is 0 Å². The Morgan fingerprint density at radius 3 is 2.57 bits per heavy atom. The minimum Gasteiger partial charge on any atom is -0.347 e. The summed E-state index contributed by atoms with van der Waals surface area (Å²) < 4.78 is 0. The molecule has 1 amide bonds. The first-order valence-electron chi connectivity index (χ1n) is 7.30. The monoisotopic (exact) mass is 304 g/mol. The van der Waals surface area contributed by atoms with Crippen LogP contribution in [0.5, 0.6) is 0 Å². The van der Waals surface area contributed by atoms with Gasteiger partial charge in [-0.1, -0.05) is 30.3 Å². The van der Waals surface area contributed by atoms with Gasteiger partial charge >= 0.3 is 0 Å². The molecule has 1 N–H and O–H groups in total. The molecule has 0 saturated carbocycles. The highest BCUT2D eigenvalue weighted by Crippen LogP contribution is 2.16. The molecule has 3 aromatic rings. The van der Waals surface area contributed by atoms with Gasteiger partial charge in [-0.2, -0.15) is 0 Å². The van der Waals surface area contributed by atoms with Gasteiger partial charge in [0.25, 0.3) is 5.91 Å². The second-order valence-electron chi connectivity index (χ2n) is 5.09. The summed E-state index contributed by atoms with van der Waals surface area (Å²) >= 11 is 0. The topological polar surface area (TPSA) is 67.8 Å². The van der Waals surface area contributed by atoms with E-state index in [0.29, 0.717) is 23.6 Å². The molecular formula is C18H16N4O. The Labute approximate surface area is 134 Å². The Morgan fingerprint density at radius 1 is 1.09 bits per heavy atom. The van der Waals surface area contributed by atoms with Crippen molar-refractivity contribution in [3.05, 3.63) is 78.0 Å². The summed E-state index contributed by atoms with van der Waals surface area (Å²) in [6, 6.07) is 13.4. The van der Waals surface area contributed by atoms with Crippen LogP contribution in [-0.4, -0.2) is 20.9 Å². The van der Waals surface area contributed by atoms with Crippen LogP contribution in [0.15, 0.2) is 61.1 Å². The van der Waals surface area contributed by atoms with Gasteiger partial charge in [0.05, 0.1) is 17.6 Å². The largest absolute Gasteiger partial charge is 0.347 e. The van der Waals surface area contributed by atoms with E-state index in [2.05, 4.69) is 20.3 Å². The molecule has 5 heteroatoms. The molecule has 3 rings (SSSR count). The fraction of sp³-hybridized carbons (Fsp3) is 0.111. The number of rotatable bonds is 4. The molecule has 0 aliphatic rings. The normalized spacial score (nSPS) is 10.3. The summed E-state index contributed by atoms with van der Waals surface area (Å²) in [4.78, 5) is 25.1. The molecule has 0 aliphatic carbocycles. The van der Waals surface area contributed by atoms with Crippen molar-refractivity contribution in [1.29, 1.82) is 0 Å². The number of benzene rings is 1. The van der Waals surface area contributed by atoms with Gasteiger partial charge in [-0.15, -0.1) is 0 Å². The first-order valence-corrected chi connectivity index (χ1v) is 7.30. The Bertz CT molecular complexity index is 804. The minimum atomic E-state index is -0.232. The molecule has 23 heavy (non-hydrogen) atoms. The summed E-state index contributed by atoms with van der Waals surface area (Å²) in [5, 5.41) is 2.87. The molecule has 5 nitrogen and oxygen atoms in total. The molecule has 0 atom stereocenters. The van der Waals surface area contributed by atoms with Crippen LogP contribution in [0.2, 0.25) is 0 Å². The highest BCUT2D eigenvalue weighted by atomic mass is 16.1. The van der Waals surface area contributed by atoms with Gasteiger partial charge in [0, 0.05) is 24.5 Å². The van der Waals surface area contributed by atoms with Crippen molar-refractivity contribution < 1.29 is 4.79 Å².